The molecule has 0 aliphatic heterocycles. The van der Waals surface area contributed by atoms with Gasteiger partial charge in [0, 0.05) is 22.2 Å². The normalized spacial score (nSPS) is 10.3. The predicted molar refractivity (Wildman–Crippen MR) is 76.9 cm³/mol. The van der Waals surface area contributed by atoms with E-state index < -0.39 is 0 Å². The lowest BCUT2D eigenvalue weighted by Gasteiger charge is -2.10. The number of allylic oxidation sites excluding steroid dienone is 1. The lowest BCUT2D eigenvalue weighted by Crippen LogP contribution is -1.97. The second kappa shape index (κ2) is 6.63. The first-order valence-electron chi connectivity index (χ1n) is 5.82. The monoisotopic (exact) mass is 269 g/mol. The molecule has 2 aromatic rings. The molecule has 0 bridgehead atoms. The number of hydrogen-bond acceptors (Lipinski definition) is 2. The van der Waals surface area contributed by atoms with Crippen LogP contribution in [0.2, 0.25) is 5.02 Å². The van der Waals surface area contributed by atoms with Gasteiger partial charge in [0.2, 0.25) is 0 Å². The maximum atomic E-state index is 8.57. The fraction of sp³-hybridized carbons (Fsp3) is 0.0625. The molecule has 0 aromatic heterocycles. The van der Waals surface area contributed by atoms with Gasteiger partial charge in [0.25, 0.3) is 0 Å². The van der Waals surface area contributed by atoms with E-state index in [2.05, 4.69) is 0 Å². The number of halogens is 1. The van der Waals surface area contributed by atoms with Crippen molar-refractivity contribution in [3.05, 3.63) is 70.8 Å². The van der Waals surface area contributed by atoms with Gasteiger partial charge in [-0.05, 0) is 18.2 Å². The molecular formula is C16H12ClNO. The van der Waals surface area contributed by atoms with Gasteiger partial charge >= 0.3 is 0 Å². The molecule has 0 heterocycles. The number of benzene rings is 2. The fourth-order valence-corrected chi connectivity index (χ4v) is 1.84. The van der Waals surface area contributed by atoms with Crippen LogP contribution >= 0.6 is 11.6 Å². The van der Waals surface area contributed by atoms with E-state index in [1.54, 1.807) is 6.08 Å². The third kappa shape index (κ3) is 3.61. The number of para-hydroxylation sites is 1. The molecule has 0 unspecified atom stereocenters. The SMILES string of the molecule is N#C/C=C/c1ccccc1OCc1ccccc1Cl. The summed E-state index contributed by atoms with van der Waals surface area (Å²) in [6.45, 7) is 0.400. The van der Waals surface area contributed by atoms with E-state index in [1.807, 2.05) is 54.6 Å². The van der Waals surface area contributed by atoms with E-state index >= 15 is 0 Å². The van der Waals surface area contributed by atoms with Crippen LogP contribution in [0.25, 0.3) is 6.08 Å². The van der Waals surface area contributed by atoms with Crippen molar-refractivity contribution >= 4 is 17.7 Å². The quantitative estimate of drug-likeness (QED) is 0.768. The van der Waals surface area contributed by atoms with E-state index in [1.165, 1.54) is 6.08 Å². The summed E-state index contributed by atoms with van der Waals surface area (Å²) in [4.78, 5) is 0. The third-order valence-corrected chi connectivity index (χ3v) is 2.97. The van der Waals surface area contributed by atoms with Gasteiger partial charge in [0.1, 0.15) is 12.4 Å². The first kappa shape index (κ1) is 13.2. The first-order chi connectivity index (χ1) is 9.31. The van der Waals surface area contributed by atoms with Gasteiger partial charge in [-0.15, -0.1) is 0 Å². The predicted octanol–water partition coefficient (Wildman–Crippen LogP) is 4.46. The molecule has 0 aliphatic carbocycles. The third-order valence-electron chi connectivity index (χ3n) is 2.60. The van der Waals surface area contributed by atoms with Crippen molar-refractivity contribution in [2.45, 2.75) is 6.61 Å². The van der Waals surface area contributed by atoms with Gasteiger partial charge in [-0.1, -0.05) is 48.0 Å². The van der Waals surface area contributed by atoms with Crippen molar-refractivity contribution in [2.24, 2.45) is 0 Å². The molecular weight excluding hydrogens is 258 g/mol. The molecule has 0 aliphatic rings. The highest BCUT2D eigenvalue weighted by molar-refractivity contribution is 6.31. The highest BCUT2D eigenvalue weighted by atomic mass is 35.5. The lowest BCUT2D eigenvalue weighted by atomic mass is 10.2. The van der Waals surface area contributed by atoms with Crippen LogP contribution in [0.5, 0.6) is 5.75 Å². The summed E-state index contributed by atoms with van der Waals surface area (Å²) in [5.41, 5.74) is 1.80. The number of rotatable bonds is 4. The van der Waals surface area contributed by atoms with Crippen LogP contribution in [0.1, 0.15) is 11.1 Å². The van der Waals surface area contributed by atoms with Crippen LogP contribution < -0.4 is 4.74 Å². The summed E-state index contributed by atoms with van der Waals surface area (Å²) in [5, 5.41) is 9.26. The molecule has 19 heavy (non-hydrogen) atoms. The van der Waals surface area contributed by atoms with Crippen LogP contribution in [0.15, 0.2) is 54.6 Å². The van der Waals surface area contributed by atoms with E-state index in [9.17, 15) is 0 Å². The Balaban J connectivity index is 2.14. The minimum Gasteiger partial charge on any atom is -0.488 e. The van der Waals surface area contributed by atoms with Crippen molar-refractivity contribution in [1.82, 2.24) is 0 Å². The first-order valence-corrected chi connectivity index (χ1v) is 6.20. The minimum atomic E-state index is 0.400. The highest BCUT2D eigenvalue weighted by Gasteiger charge is 2.03. The Kier molecular flexibility index (Phi) is 4.60. The largest absolute Gasteiger partial charge is 0.488 e. The van der Waals surface area contributed by atoms with Crippen LogP contribution in [-0.2, 0) is 6.61 Å². The Morgan fingerprint density at radius 3 is 2.63 bits per heavy atom. The van der Waals surface area contributed by atoms with Gasteiger partial charge in [0.15, 0.2) is 0 Å². The van der Waals surface area contributed by atoms with Crippen LogP contribution in [0.3, 0.4) is 0 Å². The summed E-state index contributed by atoms with van der Waals surface area (Å²) in [5.74, 6) is 0.730. The molecule has 0 N–H and O–H groups in total. The average Bonchev–Trinajstić information content (AvgIpc) is 2.45. The van der Waals surface area contributed by atoms with Gasteiger partial charge in [-0.3, -0.25) is 0 Å². The second-order valence-electron chi connectivity index (χ2n) is 3.88. The molecule has 0 saturated carbocycles. The topological polar surface area (TPSA) is 33.0 Å². The summed E-state index contributed by atoms with van der Waals surface area (Å²) in [7, 11) is 0. The van der Waals surface area contributed by atoms with Gasteiger partial charge in [0.05, 0.1) is 6.07 Å². The Labute approximate surface area is 117 Å². The molecule has 2 nitrogen and oxygen atoms in total. The number of nitriles is 1. The Bertz CT molecular complexity index is 629. The molecule has 2 rings (SSSR count). The molecule has 94 valence electrons. The van der Waals surface area contributed by atoms with Crippen LogP contribution in [0.4, 0.5) is 0 Å². The van der Waals surface area contributed by atoms with Crippen molar-refractivity contribution in [1.29, 1.82) is 5.26 Å². The molecule has 0 spiro atoms. The van der Waals surface area contributed by atoms with E-state index in [-0.39, 0.29) is 0 Å². The number of ether oxygens (including phenoxy) is 1. The van der Waals surface area contributed by atoms with Gasteiger partial charge in [-0.2, -0.15) is 5.26 Å². The summed E-state index contributed by atoms with van der Waals surface area (Å²) in [6.07, 6.45) is 3.15. The van der Waals surface area contributed by atoms with E-state index in [0.717, 1.165) is 16.9 Å². The maximum absolute atomic E-state index is 8.57. The Hall–Kier alpha value is -2.24. The van der Waals surface area contributed by atoms with Crippen molar-refractivity contribution in [3.8, 4) is 11.8 Å². The van der Waals surface area contributed by atoms with Crippen molar-refractivity contribution < 1.29 is 4.74 Å². The second-order valence-corrected chi connectivity index (χ2v) is 4.29. The van der Waals surface area contributed by atoms with Gasteiger partial charge in [-0.25, -0.2) is 0 Å². The Morgan fingerprint density at radius 1 is 1.11 bits per heavy atom. The van der Waals surface area contributed by atoms with E-state index in [0.29, 0.717) is 11.6 Å². The molecule has 0 fully saturated rings. The smallest absolute Gasteiger partial charge is 0.127 e. The summed E-state index contributed by atoms with van der Waals surface area (Å²) >= 11 is 6.08. The van der Waals surface area contributed by atoms with Crippen molar-refractivity contribution in [2.75, 3.05) is 0 Å². The maximum Gasteiger partial charge on any atom is 0.127 e. The van der Waals surface area contributed by atoms with E-state index in [4.69, 9.17) is 21.6 Å². The molecule has 2 aromatic carbocycles. The van der Waals surface area contributed by atoms with Crippen molar-refractivity contribution in [3.63, 3.8) is 0 Å². The zero-order valence-corrected chi connectivity index (χ0v) is 11.0. The zero-order valence-electron chi connectivity index (χ0n) is 10.2. The molecule has 0 amide bonds. The summed E-state index contributed by atoms with van der Waals surface area (Å²) < 4.78 is 5.76. The van der Waals surface area contributed by atoms with Crippen LogP contribution in [0, 0.1) is 11.3 Å². The number of hydrogen-bond donors (Lipinski definition) is 0. The minimum absolute atomic E-state index is 0.400. The number of nitrogens with zero attached hydrogens (tertiary/aromatic N) is 1. The highest BCUT2D eigenvalue weighted by Crippen LogP contribution is 2.22. The average molecular weight is 270 g/mol. The molecule has 3 heteroatoms. The van der Waals surface area contributed by atoms with Gasteiger partial charge < -0.3 is 4.74 Å². The molecule has 0 atom stereocenters. The van der Waals surface area contributed by atoms with Crippen LogP contribution in [-0.4, -0.2) is 0 Å². The fourth-order valence-electron chi connectivity index (χ4n) is 1.65. The Morgan fingerprint density at radius 2 is 1.84 bits per heavy atom. The zero-order chi connectivity index (χ0) is 13.5. The summed E-state index contributed by atoms with van der Waals surface area (Å²) in [6, 6.07) is 17.1. The molecule has 0 radical (unpaired) electrons. The molecule has 0 saturated heterocycles. The standard InChI is InChI=1S/C16H12ClNO/c17-15-9-3-1-7-14(15)12-19-16-10-4-2-6-13(16)8-5-11-18/h1-10H,12H2/b8-5+. The lowest BCUT2D eigenvalue weighted by molar-refractivity contribution is 0.305.